The zero-order chi connectivity index (χ0) is 14.1. The zero-order valence-corrected chi connectivity index (χ0v) is 10.9. The molecule has 5 nitrogen and oxygen atoms in total. The number of hydrogen-bond acceptors (Lipinski definition) is 2. The zero-order valence-electron chi connectivity index (χ0n) is 10.9. The molecule has 2 atom stereocenters. The van der Waals surface area contributed by atoms with E-state index in [4.69, 9.17) is 0 Å². The number of para-hydroxylation sites is 1. The van der Waals surface area contributed by atoms with E-state index in [9.17, 15) is 14.7 Å². The van der Waals surface area contributed by atoms with Crippen molar-refractivity contribution in [3.63, 3.8) is 0 Å². The third kappa shape index (κ3) is 2.05. The van der Waals surface area contributed by atoms with Crippen LogP contribution < -0.4 is 5.32 Å². The van der Waals surface area contributed by atoms with Gasteiger partial charge < -0.3 is 15.4 Å². The Balaban J connectivity index is 2.09. The van der Waals surface area contributed by atoms with Crippen LogP contribution in [-0.4, -0.2) is 28.5 Å². The number of aliphatic carboxylic acids is 1. The first-order valence-electron chi connectivity index (χ1n) is 6.75. The molecule has 0 saturated carbocycles. The average Bonchev–Trinajstić information content (AvgIpc) is 2.75. The predicted octanol–water partition coefficient (Wildman–Crippen LogP) is 1.86. The maximum Gasteiger partial charge on any atom is 0.316 e. The van der Waals surface area contributed by atoms with Crippen molar-refractivity contribution in [2.75, 3.05) is 6.54 Å². The minimum absolute atomic E-state index is 0.286. The molecule has 0 spiro atoms. The Morgan fingerprint density at radius 2 is 2.10 bits per heavy atom. The van der Waals surface area contributed by atoms with Gasteiger partial charge in [0.25, 0.3) is 0 Å². The molecular formula is C15H16N2O3. The van der Waals surface area contributed by atoms with Gasteiger partial charge in [0.15, 0.2) is 0 Å². The number of carbonyl (C=O) groups excluding carboxylic acids is 1. The van der Waals surface area contributed by atoms with Crippen molar-refractivity contribution < 1.29 is 14.7 Å². The van der Waals surface area contributed by atoms with Gasteiger partial charge in [-0.25, -0.2) is 0 Å². The first-order valence-corrected chi connectivity index (χ1v) is 6.75. The molecule has 3 N–H and O–H groups in total. The highest BCUT2D eigenvalue weighted by atomic mass is 16.4. The summed E-state index contributed by atoms with van der Waals surface area (Å²) in [5.74, 6) is -2.74. The molecule has 0 aliphatic carbocycles. The number of H-pyrrole nitrogens is 1. The maximum atomic E-state index is 12.0. The molecule has 2 aromatic rings. The topological polar surface area (TPSA) is 82.2 Å². The molecule has 2 heterocycles. The van der Waals surface area contributed by atoms with Crippen LogP contribution in [0.3, 0.4) is 0 Å². The second-order valence-electron chi connectivity index (χ2n) is 5.15. The van der Waals surface area contributed by atoms with Crippen molar-refractivity contribution in [1.29, 1.82) is 0 Å². The third-order valence-electron chi connectivity index (χ3n) is 3.96. The van der Waals surface area contributed by atoms with E-state index in [0.717, 1.165) is 22.9 Å². The number of carboxylic acid groups (broad SMARTS) is 1. The normalized spacial score (nSPS) is 23.3. The van der Waals surface area contributed by atoms with Gasteiger partial charge in [-0.15, -0.1) is 0 Å². The van der Waals surface area contributed by atoms with Gasteiger partial charge in [0, 0.05) is 29.6 Å². The van der Waals surface area contributed by atoms with Crippen LogP contribution in [0.4, 0.5) is 0 Å². The Hall–Kier alpha value is -2.30. The fraction of sp³-hybridized carbons (Fsp3) is 0.333. The maximum absolute atomic E-state index is 12.0. The summed E-state index contributed by atoms with van der Waals surface area (Å²) in [6.45, 7) is 0.543. The predicted molar refractivity (Wildman–Crippen MR) is 74.4 cm³/mol. The van der Waals surface area contributed by atoms with Crippen molar-refractivity contribution in [3.05, 3.63) is 36.0 Å². The van der Waals surface area contributed by atoms with E-state index < -0.39 is 11.9 Å². The van der Waals surface area contributed by atoms with E-state index in [1.807, 2.05) is 30.5 Å². The second kappa shape index (κ2) is 5.00. The number of carbonyl (C=O) groups is 2. The molecule has 104 valence electrons. The third-order valence-corrected chi connectivity index (χ3v) is 3.96. The quantitative estimate of drug-likeness (QED) is 0.730. The van der Waals surface area contributed by atoms with E-state index in [2.05, 4.69) is 10.3 Å². The Morgan fingerprint density at radius 3 is 2.90 bits per heavy atom. The van der Waals surface area contributed by atoms with Gasteiger partial charge in [-0.1, -0.05) is 18.2 Å². The van der Waals surface area contributed by atoms with Crippen LogP contribution in [-0.2, 0) is 9.59 Å². The SMILES string of the molecule is O=C(O)C1C(=O)NCCCC1c1c[nH]c2ccccc12. The van der Waals surface area contributed by atoms with E-state index in [0.29, 0.717) is 13.0 Å². The van der Waals surface area contributed by atoms with Gasteiger partial charge in [-0.3, -0.25) is 9.59 Å². The molecule has 1 fully saturated rings. The number of hydrogen-bond donors (Lipinski definition) is 3. The van der Waals surface area contributed by atoms with Crippen molar-refractivity contribution in [2.24, 2.45) is 5.92 Å². The number of nitrogens with one attached hydrogen (secondary N) is 2. The first-order chi connectivity index (χ1) is 9.68. The highest BCUT2D eigenvalue weighted by molar-refractivity contribution is 5.99. The van der Waals surface area contributed by atoms with Crippen LogP contribution in [0.25, 0.3) is 10.9 Å². The molecular weight excluding hydrogens is 256 g/mol. The fourth-order valence-corrected chi connectivity index (χ4v) is 3.01. The number of amides is 1. The van der Waals surface area contributed by atoms with Crippen LogP contribution >= 0.6 is 0 Å². The van der Waals surface area contributed by atoms with Gasteiger partial charge in [-0.2, -0.15) is 0 Å². The molecule has 0 bridgehead atoms. The minimum atomic E-state index is -1.06. The van der Waals surface area contributed by atoms with Gasteiger partial charge in [0.2, 0.25) is 5.91 Å². The summed E-state index contributed by atoms with van der Waals surface area (Å²) >= 11 is 0. The summed E-state index contributed by atoms with van der Waals surface area (Å²) in [5, 5.41) is 13.1. The van der Waals surface area contributed by atoms with E-state index >= 15 is 0 Å². The fourth-order valence-electron chi connectivity index (χ4n) is 3.01. The lowest BCUT2D eigenvalue weighted by Gasteiger charge is -2.19. The molecule has 3 rings (SSSR count). The van der Waals surface area contributed by atoms with Gasteiger partial charge in [0.05, 0.1) is 0 Å². The molecule has 1 aromatic carbocycles. The van der Waals surface area contributed by atoms with Crippen LogP contribution in [0.2, 0.25) is 0 Å². The minimum Gasteiger partial charge on any atom is -0.481 e. The summed E-state index contributed by atoms with van der Waals surface area (Å²) in [6, 6.07) is 7.76. The number of aromatic amines is 1. The number of benzene rings is 1. The highest BCUT2D eigenvalue weighted by Gasteiger charge is 2.38. The Bertz CT molecular complexity index is 662. The molecule has 2 unspecified atom stereocenters. The van der Waals surface area contributed by atoms with Crippen LogP contribution in [0.1, 0.15) is 24.3 Å². The van der Waals surface area contributed by atoms with Crippen LogP contribution in [0.5, 0.6) is 0 Å². The molecule has 1 amide bonds. The Labute approximate surface area is 116 Å². The van der Waals surface area contributed by atoms with E-state index in [-0.39, 0.29) is 11.8 Å². The number of aromatic nitrogens is 1. The van der Waals surface area contributed by atoms with Crippen molar-refractivity contribution in [3.8, 4) is 0 Å². The lowest BCUT2D eigenvalue weighted by Crippen LogP contribution is -2.36. The monoisotopic (exact) mass is 272 g/mol. The van der Waals surface area contributed by atoms with Crippen molar-refractivity contribution in [2.45, 2.75) is 18.8 Å². The Kier molecular flexibility index (Phi) is 3.18. The summed E-state index contributed by atoms with van der Waals surface area (Å²) < 4.78 is 0. The van der Waals surface area contributed by atoms with Gasteiger partial charge in [-0.05, 0) is 24.5 Å². The molecule has 1 aliphatic heterocycles. The van der Waals surface area contributed by atoms with Gasteiger partial charge >= 0.3 is 5.97 Å². The van der Waals surface area contributed by atoms with Crippen molar-refractivity contribution in [1.82, 2.24) is 10.3 Å². The summed E-state index contributed by atoms with van der Waals surface area (Å²) in [5.41, 5.74) is 1.89. The van der Waals surface area contributed by atoms with Crippen LogP contribution in [0.15, 0.2) is 30.5 Å². The number of rotatable bonds is 2. The summed E-state index contributed by atoms with van der Waals surface area (Å²) in [6.07, 6.45) is 3.32. The molecule has 1 saturated heterocycles. The lowest BCUT2D eigenvalue weighted by molar-refractivity contribution is -0.147. The van der Waals surface area contributed by atoms with Gasteiger partial charge in [0.1, 0.15) is 5.92 Å². The number of carboxylic acids is 1. The summed E-state index contributed by atoms with van der Waals surface area (Å²) in [7, 11) is 0. The second-order valence-corrected chi connectivity index (χ2v) is 5.15. The molecule has 0 radical (unpaired) electrons. The van der Waals surface area contributed by atoms with E-state index in [1.165, 1.54) is 0 Å². The van der Waals surface area contributed by atoms with E-state index in [1.54, 1.807) is 0 Å². The standard InChI is InChI=1S/C15H16N2O3/c18-14-13(15(19)20)10(5-3-7-16-14)11-8-17-12-6-2-1-4-9(11)12/h1-2,4,6,8,10,13,17H,3,5,7H2,(H,16,18)(H,19,20). The molecule has 5 heteroatoms. The summed E-state index contributed by atoms with van der Waals surface area (Å²) in [4.78, 5) is 26.6. The molecule has 20 heavy (non-hydrogen) atoms. The average molecular weight is 272 g/mol. The first kappa shape index (κ1) is 12.7. The Morgan fingerprint density at radius 1 is 1.30 bits per heavy atom. The van der Waals surface area contributed by atoms with Crippen LogP contribution in [0, 0.1) is 5.92 Å². The largest absolute Gasteiger partial charge is 0.481 e. The molecule has 1 aliphatic rings. The smallest absolute Gasteiger partial charge is 0.316 e. The number of fused-ring (bicyclic) bond motifs is 1. The highest BCUT2D eigenvalue weighted by Crippen LogP contribution is 2.35. The lowest BCUT2D eigenvalue weighted by atomic mass is 9.83. The molecule has 1 aromatic heterocycles. The van der Waals surface area contributed by atoms with Crippen molar-refractivity contribution >= 4 is 22.8 Å².